The fourth-order valence-corrected chi connectivity index (χ4v) is 1.63. The van der Waals surface area contributed by atoms with E-state index in [-0.39, 0.29) is 0 Å². The lowest BCUT2D eigenvalue weighted by atomic mass is 10.2. The van der Waals surface area contributed by atoms with Gasteiger partial charge in [-0.3, -0.25) is 0 Å². The van der Waals surface area contributed by atoms with Gasteiger partial charge in [0.1, 0.15) is 12.2 Å². The molecule has 0 aromatic heterocycles. The van der Waals surface area contributed by atoms with Gasteiger partial charge in [-0.1, -0.05) is 19.4 Å². The third kappa shape index (κ3) is 34.6. The topological polar surface area (TPSA) is 183 Å². The summed E-state index contributed by atoms with van der Waals surface area (Å²) in [5, 5.41) is 7.60. The van der Waals surface area contributed by atoms with Crippen LogP contribution < -0.4 is 5.73 Å². The number of aliphatic carboxylic acids is 1. The molecule has 0 saturated carbocycles. The number of carboxylic acids is 1. The molecule has 182 valence electrons. The van der Waals surface area contributed by atoms with Crippen molar-refractivity contribution >= 4 is 24.2 Å². The number of unbranched alkanes of at least 4 members (excludes halogenated alkanes) is 3. The number of carboxylic acid groups (broad SMARTS) is 1. The molecule has 2 fully saturated rings. The van der Waals surface area contributed by atoms with E-state index in [9.17, 15) is 19.2 Å². The second kappa shape index (κ2) is 24.4. The van der Waals surface area contributed by atoms with Gasteiger partial charge in [0.2, 0.25) is 12.2 Å². The second-order valence-electron chi connectivity index (χ2n) is 6.10. The maximum atomic E-state index is 9.63. The molecule has 0 aromatic carbocycles. The lowest BCUT2D eigenvalue weighted by Gasteiger charge is -1.95. The van der Waals surface area contributed by atoms with E-state index in [0.29, 0.717) is 31.9 Å². The Bertz CT molecular complexity index is 561. The summed E-state index contributed by atoms with van der Waals surface area (Å²) in [5.74, 6) is -0.981. The summed E-state index contributed by atoms with van der Waals surface area (Å²) in [6.07, 6.45) is 7.71. The first-order valence-corrected chi connectivity index (χ1v) is 10.1. The quantitative estimate of drug-likeness (QED) is 0.135. The van der Waals surface area contributed by atoms with Crippen LogP contribution >= 0.6 is 0 Å². The number of aliphatic imine (C=N–C) groups is 2. The molecular weight excluding hydrogens is 426 g/mol. The Hall–Kier alpha value is -2.88. The molecule has 12 nitrogen and oxygen atoms in total. The van der Waals surface area contributed by atoms with Crippen molar-refractivity contribution in [2.75, 3.05) is 46.1 Å². The Morgan fingerprint density at radius 1 is 1.06 bits per heavy atom. The number of nitrogens with two attached hydrogens (primary N) is 1. The number of nitrogens with zero attached hydrogens (tertiary/aromatic N) is 2. The number of hydrogen-bond acceptors (Lipinski definition) is 10. The van der Waals surface area contributed by atoms with Crippen LogP contribution in [-0.2, 0) is 33.3 Å². The highest BCUT2D eigenvalue weighted by Crippen LogP contribution is 2.12. The van der Waals surface area contributed by atoms with Gasteiger partial charge in [-0.05, 0) is 19.8 Å². The third-order valence-corrected chi connectivity index (χ3v) is 3.29. The van der Waals surface area contributed by atoms with E-state index in [1.54, 1.807) is 6.92 Å². The molecule has 0 bridgehead atoms. The monoisotopic (exact) mass is 459 g/mol. The molecule has 3 N–H and O–H groups in total. The van der Waals surface area contributed by atoms with E-state index >= 15 is 0 Å². The molecule has 2 aliphatic rings. The van der Waals surface area contributed by atoms with Gasteiger partial charge < -0.3 is 29.8 Å². The van der Waals surface area contributed by atoms with Gasteiger partial charge in [-0.15, -0.1) is 0 Å². The molecule has 0 aliphatic carbocycles. The van der Waals surface area contributed by atoms with Crippen molar-refractivity contribution in [3.05, 3.63) is 12.7 Å². The van der Waals surface area contributed by atoms with E-state index in [0.717, 1.165) is 58.2 Å². The van der Waals surface area contributed by atoms with Crippen molar-refractivity contribution in [3.8, 4) is 0 Å². The fourth-order valence-electron chi connectivity index (χ4n) is 1.63. The number of hydrogen-bond donors (Lipinski definition) is 2. The molecule has 12 heteroatoms. The molecule has 32 heavy (non-hydrogen) atoms. The van der Waals surface area contributed by atoms with E-state index in [1.165, 1.54) is 12.2 Å². The largest absolute Gasteiger partial charge is 0.478 e. The number of primary amides is 1. The Labute approximate surface area is 187 Å². The highest BCUT2D eigenvalue weighted by molar-refractivity contribution is 5.78. The molecule has 2 saturated heterocycles. The van der Waals surface area contributed by atoms with Crippen molar-refractivity contribution in [1.29, 1.82) is 0 Å². The number of isocyanates is 2. The van der Waals surface area contributed by atoms with E-state index in [4.69, 9.17) is 19.3 Å². The van der Waals surface area contributed by atoms with Gasteiger partial charge in [0, 0.05) is 6.08 Å². The highest BCUT2D eigenvalue weighted by Gasteiger charge is 2.26. The van der Waals surface area contributed by atoms with E-state index in [1.807, 2.05) is 0 Å². The van der Waals surface area contributed by atoms with Crippen LogP contribution in [0, 0.1) is 0 Å². The minimum atomic E-state index is -0.981. The predicted octanol–water partition coefficient (Wildman–Crippen LogP) is 1.38. The maximum Gasteiger partial charge on any atom is 0.404 e. The summed E-state index contributed by atoms with van der Waals surface area (Å²) in [4.78, 5) is 44.9. The Balaban J connectivity index is 0. The SMILES string of the molecule is C(OCC1CO1)C1CO1.C=CC(=O)O.CCOC(N)=O.O=C=NCCCCCCN=C=O. The molecule has 2 aliphatic heterocycles. The number of amides is 1. The first-order valence-electron chi connectivity index (χ1n) is 10.1. The zero-order chi connectivity index (χ0) is 24.5. The van der Waals surface area contributed by atoms with Crippen LogP contribution in [0.1, 0.15) is 32.6 Å². The molecule has 2 unspecified atom stereocenters. The minimum Gasteiger partial charge on any atom is -0.478 e. The Morgan fingerprint density at radius 2 is 1.47 bits per heavy atom. The molecule has 2 heterocycles. The predicted molar refractivity (Wildman–Crippen MR) is 114 cm³/mol. The van der Waals surface area contributed by atoms with Crippen molar-refractivity contribution in [2.45, 2.75) is 44.8 Å². The third-order valence-electron chi connectivity index (χ3n) is 3.29. The standard InChI is InChI=1S/C8H12N2O2.C6H10O3.C3H7NO2.C3H4O2/c11-7-9-5-3-1-2-4-6-10-8-12;1(5-3-8-5)7-2-6-4-9-6;1-2-6-3(4)5;1-2-3(4)5/h1-6H2;5-6H,1-4H2;2H2,1H3,(H2,4,5);2H,1H2,(H,4,5). The first-order chi connectivity index (χ1) is 15.4. The second-order valence-corrected chi connectivity index (χ2v) is 6.10. The van der Waals surface area contributed by atoms with Gasteiger partial charge in [0.05, 0.1) is 46.1 Å². The lowest BCUT2D eigenvalue weighted by molar-refractivity contribution is -0.131. The smallest absolute Gasteiger partial charge is 0.404 e. The van der Waals surface area contributed by atoms with Crippen LogP contribution in [0.4, 0.5) is 4.79 Å². The average molecular weight is 459 g/mol. The summed E-state index contributed by atoms with van der Waals surface area (Å²) >= 11 is 0. The van der Waals surface area contributed by atoms with Crippen molar-refractivity contribution < 1.29 is 43.2 Å². The van der Waals surface area contributed by atoms with Gasteiger partial charge in [0.15, 0.2) is 0 Å². The molecule has 0 radical (unpaired) electrons. The number of carbonyl (C=O) groups is 2. The van der Waals surface area contributed by atoms with Crippen LogP contribution in [-0.4, -0.2) is 87.7 Å². The first kappa shape index (κ1) is 31.3. The van der Waals surface area contributed by atoms with Crippen LogP contribution in [0.25, 0.3) is 0 Å². The van der Waals surface area contributed by atoms with Crippen molar-refractivity contribution in [2.24, 2.45) is 15.7 Å². The normalized spacial score (nSPS) is 16.4. The number of rotatable bonds is 13. The lowest BCUT2D eigenvalue weighted by Crippen LogP contribution is -2.11. The maximum absolute atomic E-state index is 9.63. The van der Waals surface area contributed by atoms with E-state index in [2.05, 4.69) is 27.0 Å². The molecule has 2 rings (SSSR count). The Morgan fingerprint density at radius 3 is 1.69 bits per heavy atom. The van der Waals surface area contributed by atoms with Gasteiger partial charge in [-0.25, -0.2) is 29.2 Å². The van der Waals surface area contributed by atoms with Crippen LogP contribution in [0.5, 0.6) is 0 Å². The summed E-state index contributed by atoms with van der Waals surface area (Å²) in [6, 6.07) is 0. The van der Waals surface area contributed by atoms with Crippen LogP contribution in [0.2, 0.25) is 0 Å². The fraction of sp³-hybridized carbons (Fsp3) is 0.700. The van der Waals surface area contributed by atoms with Crippen molar-refractivity contribution in [3.63, 3.8) is 0 Å². The van der Waals surface area contributed by atoms with Crippen LogP contribution in [0.15, 0.2) is 22.6 Å². The molecule has 1 amide bonds. The van der Waals surface area contributed by atoms with Crippen molar-refractivity contribution in [1.82, 2.24) is 0 Å². The molecule has 2 atom stereocenters. The number of epoxide rings is 2. The Kier molecular flexibility index (Phi) is 23.9. The molecule has 0 spiro atoms. The van der Waals surface area contributed by atoms with E-state index < -0.39 is 12.1 Å². The zero-order valence-electron chi connectivity index (χ0n) is 18.4. The number of carbonyl (C=O) groups excluding carboxylic acids is 3. The van der Waals surface area contributed by atoms with Gasteiger partial charge in [-0.2, -0.15) is 0 Å². The minimum absolute atomic E-state index is 0.356. The van der Waals surface area contributed by atoms with Crippen LogP contribution in [0.3, 0.4) is 0 Å². The zero-order valence-corrected chi connectivity index (χ0v) is 18.4. The summed E-state index contributed by atoms with van der Waals surface area (Å²) in [7, 11) is 0. The summed E-state index contributed by atoms with van der Waals surface area (Å²) in [6.45, 7) is 9.39. The van der Waals surface area contributed by atoms with Gasteiger partial charge >= 0.3 is 12.1 Å². The molecule has 0 aromatic rings. The molecular formula is C20H33N3O9. The summed E-state index contributed by atoms with van der Waals surface area (Å²) in [5.41, 5.74) is 4.54. The highest BCUT2D eigenvalue weighted by atomic mass is 16.6. The number of ether oxygens (including phenoxy) is 4. The average Bonchev–Trinajstić information content (AvgIpc) is 3.67. The van der Waals surface area contributed by atoms with Gasteiger partial charge in [0.25, 0.3) is 0 Å². The summed E-state index contributed by atoms with van der Waals surface area (Å²) < 4.78 is 19.3.